The van der Waals surface area contributed by atoms with E-state index in [0.29, 0.717) is 43.5 Å². The Morgan fingerprint density at radius 3 is 2.44 bits per heavy atom. The molecular formula is C16H16N8O. The van der Waals surface area contributed by atoms with Crippen LogP contribution in [0.3, 0.4) is 0 Å². The Morgan fingerprint density at radius 1 is 0.960 bits per heavy atom. The predicted molar refractivity (Wildman–Crippen MR) is 89.3 cm³/mol. The molecule has 1 saturated heterocycles. The van der Waals surface area contributed by atoms with Gasteiger partial charge in [0.1, 0.15) is 12.7 Å². The summed E-state index contributed by atoms with van der Waals surface area (Å²) in [6.45, 7) is 2.58. The van der Waals surface area contributed by atoms with Gasteiger partial charge in [-0.3, -0.25) is 4.79 Å². The van der Waals surface area contributed by atoms with Gasteiger partial charge in [-0.1, -0.05) is 0 Å². The van der Waals surface area contributed by atoms with Crippen LogP contribution in [0.4, 0.5) is 5.95 Å². The Kier molecular flexibility index (Phi) is 4.03. The number of anilines is 1. The molecule has 1 amide bonds. The van der Waals surface area contributed by atoms with Gasteiger partial charge in [-0.2, -0.15) is 5.10 Å². The quantitative estimate of drug-likeness (QED) is 0.684. The largest absolute Gasteiger partial charge is 0.337 e. The van der Waals surface area contributed by atoms with Gasteiger partial charge in [0.05, 0.1) is 5.56 Å². The van der Waals surface area contributed by atoms with Crippen LogP contribution in [0, 0.1) is 0 Å². The molecule has 1 aliphatic rings. The third kappa shape index (κ3) is 3.03. The predicted octanol–water partition coefficient (Wildman–Crippen LogP) is 0.415. The molecule has 9 nitrogen and oxygen atoms in total. The smallest absolute Gasteiger partial charge is 0.257 e. The lowest BCUT2D eigenvalue weighted by Gasteiger charge is -2.34. The minimum absolute atomic E-state index is 0.0627. The van der Waals surface area contributed by atoms with Gasteiger partial charge < -0.3 is 9.80 Å². The first kappa shape index (κ1) is 15.2. The third-order valence-corrected chi connectivity index (χ3v) is 4.05. The normalized spacial score (nSPS) is 14.6. The Morgan fingerprint density at radius 2 is 1.72 bits per heavy atom. The van der Waals surface area contributed by atoms with Crippen LogP contribution in [-0.2, 0) is 0 Å². The number of aromatic nitrogens is 6. The monoisotopic (exact) mass is 336 g/mol. The lowest BCUT2D eigenvalue weighted by Crippen LogP contribution is -2.49. The first-order valence-electron chi connectivity index (χ1n) is 7.94. The minimum Gasteiger partial charge on any atom is -0.337 e. The number of carbonyl (C=O) groups excluding carboxylic acids is 1. The summed E-state index contributed by atoms with van der Waals surface area (Å²) in [5.74, 6) is 1.12. The van der Waals surface area contributed by atoms with E-state index >= 15 is 0 Å². The molecule has 4 heterocycles. The molecule has 3 aromatic heterocycles. The average molecular weight is 336 g/mol. The average Bonchev–Trinajstić information content (AvgIpc) is 3.23. The Bertz CT molecular complexity index is 844. The number of nitrogens with zero attached hydrogens (tertiary/aromatic N) is 8. The van der Waals surface area contributed by atoms with Gasteiger partial charge in [0.2, 0.25) is 5.95 Å². The first-order chi connectivity index (χ1) is 12.3. The molecular weight excluding hydrogens is 320 g/mol. The highest BCUT2D eigenvalue weighted by Crippen LogP contribution is 2.16. The third-order valence-electron chi connectivity index (χ3n) is 4.05. The number of piperazine rings is 1. The van der Waals surface area contributed by atoms with E-state index in [0.717, 1.165) is 0 Å². The zero-order valence-electron chi connectivity index (χ0n) is 13.4. The molecule has 9 heteroatoms. The Balaban J connectivity index is 1.50. The number of hydrogen-bond donors (Lipinski definition) is 0. The summed E-state index contributed by atoms with van der Waals surface area (Å²) in [5, 5.41) is 4.07. The molecule has 0 aliphatic carbocycles. The van der Waals surface area contributed by atoms with Crippen molar-refractivity contribution >= 4 is 11.9 Å². The van der Waals surface area contributed by atoms with E-state index < -0.39 is 0 Å². The Hall–Kier alpha value is -3.36. The topological polar surface area (TPSA) is 92.9 Å². The summed E-state index contributed by atoms with van der Waals surface area (Å²) < 4.78 is 1.50. The van der Waals surface area contributed by atoms with Crippen LogP contribution in [0.15, 0.2) is 49.4 Å². The van der Waals surface area contributed by atoms with Crippen molar-refractivity contribution < 1.29 is 4.79 Å². The maximum absolute atomic E-state index is 12.9. The molecule has 25 heavy (non-hydrogen) atoms. The second kappa shape index (κ2) is 6.63. The fraction of sp³-hybridized carbons (Fsp3) is 0.250. The van der Waals surface area contributed by atoms with Gasteiger partial charge in [-0.05, 0) is 18.2 Å². The summed E-state index contributed by atoms with van der Waals surface area (Å²) >= 11 is 0. The van der Waals surface area contributed by atoms with Crippen molar-refractivity contribution in [1.82, 2.24) is 34.6 Å². The number of rotatable bonds is 3. The highest BCUT2D eigenvalue weighted by molar-refractivity contribution is 5.97. The molecule has 3 aromatic rings. The Labute approximate surface area is 144 Å². The van der Waals surface area contributed by atoms with Crippen LogP contribution in [-0.4, -0.2) is 66.7 Å². The summed E-state index contributed by atoms with van der Waals surface area (Å²) in [6.07, 6.45) is 8.03. The van der Waals surface area contributed by atoms with Crippen LogP contribution >= 0.6 is 0 Å². The van der Waals surface area contributed by atoms with Crippen molar-refractivity contribution in [3.63, 3.8) is 0 Å². The van der Waals surface area contributed by atoms with Crippen molar-refractivity contribution in [2.45, 2.75) is 0 Å². The lowest BCUT2D eigenvalue weighted by molar-refractivity contribution is 0.0745. The van der Waals surface area contributed by atoms with E-state index in [4.69, 9.17) is 0 Å². The van der Waals surface area contributed by atoms with Crippen molar-refractivity contribution in [3.8, 4) is 5.82 Å². The van der Waals surface area contributed by atoms with Crippen molar-refractivity contribution in [2.24, 2.45) is 0 Å². The number of carbonyl (C=O) groups is 1. The summed E-state index contributed by atoms with van der Waals surface area (Å²) in [4.78, 5) is 33.6. The van der Waals surface area contributed by atoms with Crippen molar-refractivity contribution in [3.05, 3.63) is 55.0 Å². The van der Waals surface area contributed by atoms with Crippen LogP contribution in [0.1, 0.15) is 10.4 Å². The second-order valence-electron chi connectivity index (χ2n) is 5.54. The number of hydrogen-bond acceptors (Lipinski definition) is 7. The maximum Gasteiger partial charge on any atom is 0.257 e. The standard InChI is InChI=1S/C16H16N8O/c25-15(13-3-1-4-18-14(13)24-12-17-11-21-24)22-7-9-23(10-8-22)16-19-5-2-6-20-16/h1-6,11-12H,7-10H2. The fourth-order valence-corrected chi connectivity index (χ4v) is 2.80. The SMILES string of the molecule is O=C(c1cccnc1-n1cncn1)N1CCN(c2ncccn2)CC1. The molecule has 0 bridgehead atoms. The molecule has 126 valence electrons. The molecule has 4 rings (SSSR count). The molecule has 0 atom stereocenters. The van der Waals surface area contributed by atoms with Crippen LogP contribution in [0.5, 0.6) is 0 Å². The zero-order valence-corrected chi connectivity index (χ0v) is 13.4. The van der Waals surface area contributed by atoms with Crippen LogP contribution in [0.25, 0.3) is 5.82 Å². The molecule has 0 N–H and O–H groups in total. The fourth-order valence-electron chi connectivity index (χ4n) is 2.80. The second-order valence-corrected chi connectivity index (χ2v) is 5.54. The minimum atomic E-state index is -0.0627. The molecule has 0 radical (unpaired) electrons. The molecule has 0 spiro atoms. The lowest BCUT2D eigenvalue weighted by atomic mass is 10.2. The maximum atomic E-state index is 12.9. The van der Waals surface area contributed by atoms with E-state index in [2.05, 4.69) is 29.9 Å². The molecule has 0 unspecified atom stereocenters. The summed E-state index contributed by atoms with van der Waals surface area (Å²) in [5.41, 5.74) is 0.511. The molecule has 1 fully saturated rings. The van der Waals surface area contributed by atoms with Gasteiger partial charge in [-0.15, -0.1) is 0 Å². The van der Waals surface area contributed by atoms with Crippen LogP contribution < -0.4 is 4.90 Å². The summed E-state index contributed by atoms with van der Waals surface area (Å²) in [6, 6.07) is 5.30. The molecule has 0 saturated carbocycles. The van der Waals surface area contributed by atoms with E-state index in [1.165, 1.54) is 17.3 Å². The van der Waals surface area contributed by atoms with Crippen LogP contribution in [0.2, 0.25) is 0 Å². The first-order valence-corrected chi connectivity index (χ1v) is 7.94. The highest BCUT2D eigenvalue weighted by atomic mass is 16.2. The van der Waals surface area contributed by atoms with Gasteiger partial charge >= 0.3 is 0 Å². The van der Waals surface area contributed by atoms with Crippen molar-refractivity contribution in [1.29, 1.82) is 0 Å². The van der Waals surface area contributed by atoms with Crippen molar-refractivity contribution in [2.75, 3.05) is 31.1 Å². The number of pyridine rings is 1. The summed E-state index contributed by atoms with van der Waals surface area (Å²) in [7, 11) is 0. The van der Waals surface area contributed by atoms with E-state index in [-0.39, 0.29) is 5.91 Å². The molecule has 1 aliphatic heterocycles. The van der Waals surface area contributed by atoms with E-state index in [9.17, 15) is 4.79 Å². The highest BCUT2D eigenvalue weighted by Gasteiger charge is 2.25. The van der Waals surface area contributed by atoms with Gasteiger partial charge in [-0.25, -0.2) is 24.6 Å². The van der Waals surface area contributed by atoms with Gasteiger partial charge in [0.15, 0.2) is 5.82 Å². The van der Waals surface area contributed by atoms with Gasteiger partial charge in [0, 0.05) is 44.8 Å². The van der Waals surface area contributed by atoms with Gasteiger partial charge in [0.25, 0.3) is 5.91 Å². The van der Waals surface area contributed by atoms with E-state index in [1.807, 2.05) is 4.90 Å². The molecule has 0 aromatic carbocycles. The number of amides is 1. The van der Waals surface area contributed by atoms with E-state index in [1.54, 1.807) is 36.8 Å². The zero-order chi connectivity index (χ0) is 17.1.